The van der Waals surface area contributed by atoms with Gasteiger partial charge in [0.2, 0.25) is 11.7 Å². The van der Waals surface area contributed by atoms with Crippen LogP contribution in [-0.2, 0) is 22.6 Å². The molecule has 0 aliphatic carbocycles. The summed E-state index contributed by atoms with van der Waals surface area (Å²) in [6, 6.07) is 17.7. The van der Waals surface area contributed by atoms with Crippen molar-refractivity contribution in [2.24, 2.45) is 0 Å². The Morgan fingerprint density at radius 1 is 1.03 bits per heavy atom. The number of anilines is 1. The lowest BCUT2D eigenvalue weighted by Gasteiger charge is -2.27. The Kier molecular flexibility index (Phi) is 6.79. The van der Waals surface area contributed by atoms with E-state index < -0.39 is 0 Å². The van der Waals surface area contributed by atoms with Gasteiger partial charge < -0.3 is 10.1 Å². The summed E-state index contributed by atoms with van der Waals surface area (Å²) in [5.41, 5.74) is 2.93. The van der Waals surface area contributed by atoms with Crippen molar-refractivity contribution in [3.8, 4) is 11.4 Å². The van der Waals surface area contributed by atoms with Crippen LogP contribution in [0.25, 0.3) is 11.4 Å². The Morgan fingerprint density at radius 2 is 1.80 bits per heavy atom. The number of aryl methyl sites for hydroxylation is 1. The third-order valence-corrected chi connectivity index (χ3v) is 5.04. The zero-order chi connectivity index (χ0) is 20.6. The van der Waals surface area contributed by atoms with E-state index in [-0.39, 0.29) is 5.91 Å². The highest BCUT2D eigenvalue weighted by Crippen LogP contribution is 2.18. The van der Waals surface area contributed by atoms with Crippen LogP contribution in [0.5, 0.6) is 0 Å². The van der Waals surface area contributed by atoms with Crippen LogP contribution in [0.2, 0.25) is 0 Å². The number of morpholine rings is 1. The number of para-hydroxylation sites is 1. The fraction of sp³-hybridized carbons (Fsp3) is 0.364. The van der Waals surface area contributed by atoms with E-state index in [4.69, 9.17) is 4.74 Å². The highest BCUT2D eigenvalue weighted by molar-refractivity contribution is 5.91. The average Bonchev–Trinajstić information content (AvgIpc) is 3.25. The summed E-state index contributed by atoms with van der Waals surface area (Å²) in [6.45, 7) is 4.71. The van der Waals surface area contributed by atoms with Crippen molar-refractivity contribution in [3.05, 3.63) is 60.2 Å². The highest BCUT2D eigenvalue weighted by atomic mass is 16.5. The number of nitrogens with zero attached hydrogens (tertiary/aromatic N) is 5. The normalized spacial score (nSPS) is 14.5. The van der Waals surface area contributed by atoms with Crippen LogP contribution in [0.15, 0.2) is 54.6 Å². The molecular formula is C22H26N6O2. The van der Waals surface area contributed by atoms with Crippen LogP contribution in [0.3, 0.4) is 0 Å². The lowest BCUT2D eigenvalue weighted by Crippen LogP contribution is -2.35. The molecule has 2 heterocycles. The molecule has 3 aromatic rings. The van der Waals surface area contributed by atoms with Gasteiger partial charge in [0, 0.05) is 37.3 Å². The number of carbonyl (C=O) groups excluding carboxylic acids is 1. The number of benzene rings is 2. The van der Waals surface area contributed by atoms with E-state index in [1.807, 2.05) is 48.5 Å². The number of rotatable bonds is 8. The molecular weight excluding hydrogens is 380 g/mol. The van der Waals surface area contributed by atoms with Gasteiger partial charge in [-0.2, -0.15) is 4.80 Å². The number of tetrazole rings is 1. The molecule has 0 saturated carbocycles. The Balaban J connectivity index is 1.27. The molecule has 156 valence electrons. The van der Waals surface area contributed by atoms with Crippen molar-refractivity contribution in [3.63, 3.8) is 0 Å². The summed E-state index contributed by atoms with van der Waals surface area (Å²) in [7, 11) is 0. The summed E-state index contributed by atoms with van der Waals surface area (Å²) in [6.07, 6.45) is 1.04. The summed E-state index contributed by atoms with van der Waals surface area (Å²) in [5, 5.41) is 15.6. The molecule has 8 nitrogen and oxygen atoms in total. The summed E-state index contributed by atoms with van der Waals surface area (Å²) in [5.74, 6) is 0.588. The minimum Gasteiger partial charge on any atom is -0.379 e. The minimum atomic E-state index is -0.00664. The van der Waals surface area contributed by atoms with E-state index >= 15 is 0 Å². The van der Waals surface area contributed by atoms with Crippen LogP contribution in [0.4, 0.5) is 5.69 Å². The van der Waals surface area contributed by atoms with Crippen LogP contribution >= 0.6 is 0 Å². The third-order valence-electron chi connectivity index (χ3n) is 5.04. The van der Waals surface area contributed by atoms with E-state index in [2.05, 4.69) is 31.7 Å². The molecule has 4 rings (SSSR count). The van der Waals surface area contributed by atoms with Gasteiger partial charge in [-0.25, -0.2) is 0 Å². The average molecular weight is 406 g/mol. The van der Waals surface area contributed by atoms with Gasteiger partial charge in [-0.1, -0.05) is 48.5 Å². The molecule has 1 saturated heterocycles. The number of aromatic nitrogens is 4. The van der Waals surface area contributed by atoms with E-state index in [1.54, 1.807) is 4.80 Å². The number of carbonyl (C=O) groups is 1. The largest absolute Gasteiger partial charge is 0.379 e. The topological polar surface area (TPSA) is 85.2 Å². The number of nitrogens with one attached hydrogen (secondary N) is 1. The van der Waals surface area contributed by atoms with Gasteiger partial charge in [0.1, 0.15) is 0 Å². The second-order valence-corrected chi connectivity index (χ2v) is 7.27. The molecule has 2 aromatic carbocycles. The maximum absolute atomic E-state index is 12.5. The molecule has 1 N–H and O–H groups in total. The zero-order valence-electron chi connectivity index (χ0n) is 16.9. The molecule has 30 heavy (non-hydrogen) atoms. The van der Waals surface area contributed by atoms with Gasteiger partial charge in [-0.05, 0) is 23.3 Å². The molecule has 0 spiro atoms. The molecule has 1 amide bonds. The molecule has 0 atom stereocenters. The SMILES string of the molecule is O=C(CCCn1nnc(-c2ccccc2)n1)Nc1ccccc1CN1CCOCC1. The Bertz CT molecular complexity index is 953. The first-order chi connectivity index (χ1) is 14.8. The first-order valence-electron chi connectivity index (χ1n) is 10.3. The maximum Gasteiger partial charge on any atom is 0.224 e. The molecule has 0 unspecified atom stereocenters. The van der Waals surface area contributed by atoms with Gasteiger partial charge in [-0.3, -0.25) is 9.69 Å². The van der Waals surface area contributed by atoms with Crippen molar-refractivity contribution in [2.45, 2.75) is 25.9 Å². The standard InChI is InChI=1S/C22H26N6O2/c29-21(11-6-12-28-25-22(24-26-28)18-7-2-1-3-8-18)23-20-10-5-4-9-19(20)17-27-13-15-30-16-14-27/h1-5,7-10H,6,11-17H2,(H,23,29). The maximum atomic E-state index is 12.5. The van der Waals surface area contributed by atoms with Gasteiger partial charge >= 0.3 is 0 Å². The fourth-order valence-electron chi connectivity index (χ4n) is 3.41. The first kappa shape index (κ1) is 20.2. The predicted octanol–water partition coefficient (Wildman–Crippen LogP) is 2.59. The summed E-state index contributed by atoms with van der Waals surface area (Å²) in [4.78, 5) is 16.3. The van der Waals surface area contributed by atoms with E-state index in [1.165, 1.54) is 0 Å². The second-order valence-electron chi connectivity index (χ2n) is 7.27. The second kappa shape index (κ2) is 10.1. The van der Waals surface area contributed by atoms with Crippen molar-refractivity contribution in [1.29, 1.82) is 0 Å². The van der Waals surface area contributed by atoms with Gasteiger partial charge in [0.05, 0.1) is 19.8 Å². The van der Waals surface area contributed by atoms with Crippen LogP contribution < -0.4 is 5.32 Å². The Hall–Kier alpha value is -3.10. The van der Waals surface area contributed by atoms with Crippen LogP contribution in [-0.4, -0.2) is 57.3 Å². The Labute approximate surface area is 175 Å². The quantitative estimate of drug-likeness (QED) is 0.619. The van der Waals surface area contributed by atoms with Crippen molar-refractivity contribution in [1.82, 2.24) is 25.1 Å². The van der Waals surface area contributed by atoms with Crippen molar-refractivity contribution in [2.75, 3.05) is 31.6 Å². The number of hydrogen-bond donors (Lipinski definition) is 1. The molecule has 1 aliphatic heterocycles. The summed E-state index contributed by atoms with van der Waals surface area (Å²) >= 11 is 0. The zero-order valence-corrected chi connectivity index (χ0v) is 16.9. The van der Waals surface area contributed by atoms with Crippen LogP contribution in [0.1, 0.15) is 18.4 Å². The Morgan fingerprint density at radius 3 is 2.63 bits per heavy atom. The van der Waals surface area contributed by atoms with Gasteiger partial charge in [0.15, 0.2) is 0 Å². The van der Waals surface area contributed by atoms with Gasteiger partial charge in [-0.15, -0.1) is 10.2 Å². The van der Waals surface area contributed by atoms with E-state index in [0.717, 1.165) is 49.7 Å². The fourth-order valence-corrected chi connectivity index (χ4v) is 3.41. The molecule has 1 aliphatic rings. The number of amides is 1. The minimum absolute atomic E-state index is 0.00664. The van der Waals surface area contributed by atoms with E-state index in [0.29, 0.717) is 25.2 Å². The van der Waals surface area contributed by atoms with E-state index in [9.17, 15) is 4.79 Å². The third kappa shape index (κ3) is 5.49. The molecule has 0 radical (unpaired) electrons. The lowest BCUT2D eigenvalue weighted by atomic mass is 10.1. The first-order valence-corrected chi connectivity index (χ1v) is 10.3. The molecule has 0 bridgehead atoms. The molecule has 1 aromatic heterocycles. The number of hydrogen-bond acceptors (Lipinski definition) is 6. The van der Waals surface area contributed by atoms with Crippen molar-refractivity contribution < 1.29 is 9.53 Å². The molecule has 8 heteroatoms. The van der Waals surface area contributed by atoms with Gasteiger partial charge in [0.25, 0.3) is 0 Å². The van der Waals surface area contributed by atoms with Crippen molar-refractivity contribution >= 4 is 11.6 Å². The molecule has 1 fully saturated rings. The predicted molar refractivity (Wildman–Crippen MR) is 114 cm³/mol. The number of ether oxygens (including phenoxy) is 1. The highest BCUT2D eigenvalue weighted by Gasteiger charge is 2.14. The smallest absolute Gasteiger partial charge is 0.224 e. The van der Waals surface area contributed by atoms with Crippen LogP contribution in [0, 0.1) is 0 Å². The lowest BCUT2D eigenvalue weighted by molar-refractivity contribution is -0.116. The summed E-state index contributed by atoms with van der Waals surface area (Å²) < 4.78 is 5.41. The monoisotopic (exact) mass is 406 g/mol.